The van der Waals surface area contributed by atoms with E-state index in [1.54, 1.807) is 12.1 Å². The molecule has 0 spiro atoms. The Balaban J connectivity index is 2.05. The number of carboxylic acid groups (broad SMARTS) is 1. The van der Waals surface area contributed by atoms with Crippen LogP contribution in [0.15, 0.2) is 40.1 Å². The van der Waals surface area contributed by atoms with Crippen LogP contribution in [0.3, 0.4) is 0 Å². The molecule has 1 aromatic heterocycles. The van der Waals surface area contributed by atoms with Gasteiger partial charge < -0.3 is 15.4 Å². The molecule has 0 bridgehead atoms. The lowest BCUT2D eigenvalue weighted by molar-refractivity contribution is 0.0696. The van der Waals surface area contributed by atoms with Crippen LogP contribution in [0.1, 0.15) is 26.3 Å². The minimum atomic E-state index is -1.04. The van der Waals surface area contributed by atoms with Crippen molar-refractivity contribution in [1.82, 2.24) is 15.3 Å². The summed E-state index contributed by atoms with van der Waals surface area (Å²) in [5, 5.41) is 11.3. The zero-order valence-corrected chi connectivity index (χ0v) is 10.7. The SMILES string of the molecule is O=C(O)c1ccc(CNC(=O)c2c[nH]c(=O)[nH]c2=O)cc1. The van der Waals surface area contributed by atoms with Crippen LogP contribution in [0.25, 0.3) is 0 Å². The summed E-state index contributed by atoms with van der Waals surface area (Å²) in [7, 11) is 0. The molecule has 108 valence electrons. The standard InChI is InChI=1S/C13H11N3O5/c17-10(9-6-15-13(21)16-11(9)18)14-5-7-1-3-8(4-2-7)12(19)20/h1-4,6H,5H2,(H,14,17)(H,19,20)(H2,15,16,18,21). The Morgan fingerprint density at radius 3 is 2.38 bits per heavy atom. The van der Waals surface area contributed by atoms with E-state index in [2.05, 4.69) is 10.3 Å². The van der Waals surface area contributed by atoms with Gasteiger partial charge in [-0.3, -0.25) is 14.6 Å². The number of aromatic amines is 2. The second-order valence-electron chi connectivity index (χ2n) is 4.17. The van der Waals surface area contributed by atoms with Crippen molar-refractivity contribution in [3.8, 4) is 0 Å². The van der Waals surface area contributed by atoms with Gasteiger partial charge in [-0.05, 0) is 17.7 Å². The number of H-pyrrole nitrogens is 2. The van der Waals surface area contributed by atoms with Crippen LogP contribution in [0.2, 0.25) is 0 Å². The fourth-order valence-electron chi connectivity index (χ4n) is 1.62. The molecule has 1 amide bonds. The number of amides is 1. The predicted molar refractivity (Wildman–Crippen MR) is 72.3 cm³/mol. The van der Waals surface area contributed by atoms with Crippen molar-refractivity contribution in [2.75, 3.05) is 0 Å². The van der Waals surface area contributed by atoms with E-state index in [9.17, 15) is 19.2 Å². The van der Waals surface area contributed by atoms with Crippen molar-refractivity contribution < 1.29 is 14.7 Å². The van der Waals surface area contributed by atoms with Gasteiger partial charge in [-0.2, -0.15) is 0 Å². The smallest absolute Gasteiger partial charge is 0.335 e. The van der Waals surface area contributed by atoms with E-state index in [0.29, 0.717) is 5.56 Å². The molecular formula is C13H11N3O5. The number of carbonyl (C=O) groups excluding carboxylic acids is 1. The lowest BCUT2D eigenvalue weighted by Gasteiger charge is -2.05. The molecule has 2 aromatic rings. The van der Waals surface area contributed by atoms with Crippen molar-refractivity contribution in [2.45, 2.75) is 6.54 Å². The van der Waals surface area contributed by atoms with Crippen LogP contribution in [-0.2, 0) is 6.54 Å². The maximum Gasteiger partial charge on any atom is 0.335 e. The second kappa shape index (κ2) is 5.87. The van der Waals surface area contributed by atoms with Gasteiger partial charge in [0.25, 0.3) is 11.5 Å². The molecule has 0 aliphatic heterocycles. The van der Waals surface area contributed by atoms with E-state index in [-0.39, 0.29) is 17.7 Å². The molecule has 2 rings (SSSR count). The van der Waals surface area contributed by atoms with Crippen LogP contribution in [-0.4, -0.2) is 27.0 Å². The van der Waals surface area contributed by atoms with Gasteiger partial charge in [-0.15, -0.1) is 0 Å². The largest absolute Gasteiger partial charge is 0.478 e. The predicted octanol–water partition coefficient (Wildman–Crippen LogP) is -0.309. The van der Waals surface area contributed by atoms with Crippen molar-refractivity contribution in [3.63, 3.8) is 0 Å². The first-order valence-electron chi connectivity index (χ1n) is 5.90. The van der Waals surface area contributed by atoms with Crippen molar-refractivity contribution in [3.05, 3.63) is 68.0 Å². The van der Waals surface area contributed by atoms with E-state index >= 15 is 0 Å². The highest BCUT2D eigenvalue weighted by molar-refractivity contribution is 5.93. The Bertz CT molecular complexity index is 788. The number of benzene rings is 1. The number of carboxylic acids is 1. The molecule has 0 aliphatic rings. The highest BCUT2D eigenvalue weighted by Gasteiger charge is 2.10. The van der Waals surface area contributed by atoms with E-state index < -0.39 is 23.1 Å². The average Bonchev–Trinajstić information content (AvgIpc) is 2.45. The molecule has 0 aliphatic carbocycles. The van der Waals surface area contributed by atoms with Gasteiger partial charge >= 0.3 is 11.7 Å². The lowest BCUT2D eigenvalue weighted by atomic mass is 10.1. The number of hydrogen-bond acceptors (Lipinski definition) is 4. The van der Waals surface area contributed by atoms with Crippen LogP contribution in [0, 0.1) is 0 Å². The molecule has 8 heteroatoms. The number of hydrogen-bond donors (Lipinski definition) is 4. The summed E-state index contributed by atoms with van der Waals surface area (Å²) in [4.78, 5) is 48.9. The summed E-state index contributed by atoms with van der Waals surface area (Å²) < 4.78 is 0. The highest BCUT2D eigenvalue weighted by Crippen LogP contribution is 2.04. The van der Waals surface area contributed by atoms with E-state index in [4.69, 9.17) is 5.11 Å². The molecule has 21 heavy (non-hydrogen) atoms. The first kappa shape index (κ1) is 14.3. The minimum Gasteiger partial charge on any atom is -0.478 e. The summed E-state index contributed by atoms with van der Waals surface area (Å²) in [5.41, 5.74) is -0.869. The fourth-order valence-corrected chi connectivity index (χ4v) is 1.62. The van der Waals surface area contributed by atoms with Gasteiger partial charge in [0, 0.05) is 12.7 Å². The Kier molecular flexibility index (Phi) is 3.98. The lowest BCUT2D eigenvalue weighted by Crippen LogP contribution is -2.33. The topological polar surface area (TPSA) is 132 Å². The molecule has 1 heterocycles. The van der Waals surface area contributed by atoms with Crippen LogP contribution >= 0.6 is 0 Å². The summed E-state index contributed by atoms with van der Waals surface area (Å²) in [6.07, 6.45) is 1.03. The van der Waals surface area contributed by atoms with Crippen molar-refractivity contribution in [2.24, 2.45) is 0 Å². The number of nitrogens with one attached hydrogen (secondary N) is 3. The van der Waals surface area contributed by atoms with Gasteiger partial charge in [-0.1, -0.05) is 12.1 Å². The fraction of sp³-hybridized carbons (Fsp3) is 0.0769. The molecule has 0 unspecified atom stereocenters. The Labute approximate surface area is 117 Å². The van der Waals surface area contributed by atoms with Crippen LogP contribution < -0.4 is 16.6 Å². The van der Waals surface area contributed by atoms with E-state index in [1.807, 2.05) is 4.98 Å². The quantitative estimate of drug-likeness (QED) is 0.613. The third-order valence-electron chi connectivity index (χ3n) is 2.72. The molecule has 0 saturated carbocycles. The third-order valence-corrected chi connectivity index (χ3v) is 2.72. The first-order chi connectivity index (χ1) is 9.97. The zero-order valence-electron chi connectivity index (χ0n) is 10.7. The molecule has 8 nitrogen and oxygen atoms in total. The minimum absolute atomic E-state index is 0.122. The number of aromatic carboxylic acids is 1. The maximum atomic E-state index is 11.8. The van der Waals surface area contributed by atoms with Gasteiger partial charge in [0.05, 0.1) is 5.56 Å². The van der Waals surface area contributed by atoms with Crippen molar-refractivity contribution in [1.29, 1.82) is 0 Å². The zero-order chi connectivity index (χ0) is 15.4. The maximum absolute atomic E-state index is 11.8. The second-order valence-corrected chi connectivity index (χ2v) is 4.17. The number of rotatable bonds is 4. The molecule has 4 N–H and O–H groups in total. The number of carbonyl (C=O) groups is 2. The third kappa shape index (κ3) is 3.44. The number of aromatic nitrogens is 2. The molecule has 1 aromatic carbocycles. The molecular weight excluding hydrogens is 278 g/mol. The normalized spacial score (nSPS) is 10.1. The summed E-state index contributed by atoms with van der Waals surface area (Å²) >= 11 is 0. The van der Waals surface area contributed by atoms with Gasteiger partial charge in [0.1, 0.15) is 5.56 Å². The molecule has 0 fully saturated rings. The Morgan fingerprint density at radius 1 is 1.14 bits per heavy atom. The van der Waals surface area contributed by atoms with Gasteiger partial charge in [0.2, 0.25) is 0 Å². The first-order valence-corrected chi connectivity index (χ1v) is 5.90. The highest BCUT2D eigenvalue weighted by atomic mass is 16.4. The van der Waals surface area contributed by atoms with E-state index in [0.717, 1.165) is 6.20 Å². The average molecular weight is 289 g/mol. The monoisotopic (exact) mass is 289 g/mol. The van der Waals surface area contributed by atoms with E-state index in [1.165, 1.54) is 12.1 Å². The van der Waals surface area contributed by atoms with Gasteiger partial charge in [-0.25, -0.2) is 9.59 Å². The van der Waals surface area contributed by atoms with Gasteiger partial charge in [0.15, 0.2) is 0 Å². The Morgan fingerprint density at radius 2 is 1.81 bits per heavy atom. The molecule has 0 radical (unpaired) electrons. The summed E-state index contributed by atoms with van der Waals surface area (Å²) in [5.74, 6) is -1.68. The Hall–Kier alpha value is -3.16. The van der Waals surface area contributed by atoms with Crippen molar-refractivity contribution >= 4 is 11.9 Å². The summed E-state index contributed by atoms with van der Waals surface area (Å²) in [6, 6.07) is 5.94. The van der Waals surface area contributed by atoms with Crippen LogP contribution in [0.4, 0.5) is 0 Å². The molecule has 0 atom stereocenters. The summed E-state index contributed by atoms with van der Waals surface area (Å²) in [6.45, 7) is 0.122. The molecule has 0 saturated heterocycles. The van der Waals surface area contributed by atoms with Crippen LogP contribution in [0.5, 0.6) is 0 Å².